The summed E-state index contributed by atoms with van der Waals surface area (Å²) in [6.07, 6.45) is 6.77. The van der Waals surface area contributed by atoms with Crippen LogP contribution in [-0.4, -0.2) is 30.4 Å². The Balaban J connectivity index is 3.09. The van der Waals surface area contributed by atoms with E-state index in [2.05, 4.69) is 16.2 Å². The van der Waals surface area contributed by atoms with Gasteiger partial charge in [-0.2, -0.15) is 0 Å². The topological polar surface area (TPSA) is 81.1 Å². The Morgan fingerprint density at radius 3 is 2.79 bits per heavy atom. The molecular formula is C11H14ClN3O3S. The van der Waals surface area contributed by atoms with Crippen LogP contribution in [0, 0.1) is 12.3 Å². The maximum atomic E-state index is 11.8. The lowest BCUT2D eigenvalue weighted by molar-refractivity contribution is -0.123. The first-order valence-corrected chi connectivity index (χ1v) is 7.85. The molecule has 1 atom stereocenters. The molecule has 1 heterocycles. The molecule has 8 heteroatoms. The summed E-state index contributed by atoms with van der Waals surface area (Å²) in [4.78, 5) is 15.7. The van der Waals surface area contributed by atoms with Crippen LogP contribution in [0.15, 0.2) is 11.2 Å². The highest BCUT2D eigenvalue weighted by molar-refractivity contribution is 8.13. The molecule has 0 spiro atoms. The van der Waals surface area contributed by atoms with Crippen LogP contribution in [0.1, 0.15) is 25.7 Å². The minimum Gasteiger partial charge on any atom is -0.343 e. The van der Waals surface area contributed by atoms with Crippen LogP contribution < -0.4 is 5.32 Å². The maximum absolute atomic E-state index is 11.8. The Labute approximate surface area is 116 Å². The Kier molecular flexibility index (Phi) is 4.97. The number of hydrogen-bond donors (Lipinski definition) is 1. The first-order chi connectivity index (χ1) is 8.81. The zero-order chi connectivity index (χ0) is 14.6. The van der Waals surface area contributed by atoms with E-state index in [-0.39, 0.29) is 17.5 Å². The van der Waals surface area contributed by atoms with Crippen LogP contribution in [0.5, 0.6) is 0 Å². The van der Waals surface area contributed by atoms with Gasteiger partial charge in [0.25, 0.3) is 9.05 Å². The van der Waals surface area contributed by atoms with Gasteiger partial charge in [0.15, 0.2) is 5.03 Å². The smallest absolute Gasteiger partial charge is 0.280 e. The number of rotatable bonds is 5. The summed E-state index contributed by atoms with van der Waals surface area (Å²) in [5, 5.41) is 2.26. The molecule has 6 nitrogen and oxygen atoms in total. The fourth-order valence-electron chi connectivity index (χ4n) is 1.53. The number of terminal acetylenes is 1. The molecule has 0 saturated carbocycles. The number of nitrogens with zero attached hydrogens (tertiary/aromatic N) is 2. The SMILES string of the molecule is C#CCNC(=O)C(C)n1cc(S(=O)(=O)Cl)nc1CC. The van der Waals surface area contributed by atoms with Crippen molar-refractivity contribution in [2.75, 3.05) is 6.54 Å². The summed E-state index contributed by atoms with van der Waals surface area (Å²) < 4.78 is 24.0. The van der Waals surface area contributed by atoms with Crippen LogP contribution in [0.3, 0.4) is 0 Å². The van der Waals surface area contributed by atoms with Gasteiger partial charge >= 0.3 is 0 Å². The Morgan fingerprint density at radius 2 is 2.32 bits per heavy atom. The van der Waals surface area contributed by atoms with Gasteiger partial charge in [0.2, 0.25) is 5.91 Å². The van der Waals surface area contributed by atoms with Crippen LogP contribution in [0.2, 0.25) is 0 Å². The Morgan fingerprint density at radius 1 is 1.68 bits per heavy atom. The van der Waals surface area contributed by atoms with Gasteiger partial charge in [-0.15, -0.1) is 6.42 Å². The van der Waals surface area contributed by atoms with E-state index >= 15 is 0 Å². The molecular weight excluding hydrogens is 290 g/mol. The third-order valence-electron chi connectivity index (χ3n) is 2.51. The molecule has 0 radical (unpaired) electrons. The van der Waals surface area contributed by atoms with Gasteiger partial charge in [-0.1, -0.05) is 12.8 Å². The monoisotopic (exact) mass is 303 g/mol. The Bertz CT molecular complexity index is 616. The van der Waals surface area contributed by atoms with E-state index in [0.717, 1.165) is 0 Å². The van der Waals surface area contributed by atoms with Crippen LogP contribution >= 0.6 is 10.7 Å². The van der Waals surface area contributed by atoms with Crippen molar-refractivity contribution in [2.24, 2.45) is 0 Å². The minimum atomic E-state index is -3.91. The van der Waals surface area contributed by atoms with Crippen LogP contribution in [0.25, 0.3) is 0 Å². The third-order valence-corrected chi connectivity index (χ3v) is 3.68. The van der Waals surface area contributed by atoms with Crippen molar-refractivity contribution >= 4 is 25.6 Å². The number of nitrogens with one attached hydrogen (secondary N) is 1. The Hall–Kier alpha value is -1.52. The highest BCUT2D eigenvalue weighted by atomic mass is 35.7. The molecule has 1 N–H and O–H groups in total. The predicted octanol–water partition coefficient (Wildman–Crippen LogP) is 0.683. The molecule has 19 heavy (non-hydrogen) atoms. The van der Waals surface area contributed by atoms with E-state index < -0.39 is 15.1 Å². The van der Waals surface area contributed by atoms with Crippen molar-refractivity contribution in [1.29, 1.82) is 0 Å². The van der Waals surface area contributed by atoms with Crippen LogP contribution in [-0.2, 0) is 20.3 Å². The lowest BCUT2D eigenvalue weighted by atomic mass is 10.3. The quantitative estimate of drug-likeness (QED) is 0.641. The summed E-state index contributed by atoms with van der Waals surface area (Å²) in [7, 11) is 1.32. The number of imidazole rings is 1. The number of halogens is 1. The second-order valence-corrected chi connectivity index (χ2v) is 6.30. The number of carbonyl (C=O) groups excluding carboxylic acids is 1. The molecule has 1 rings (SSSR count). The minimum absolute atomic E-state index is 0.111. The second kappa shape index (κ2) is 6.08. The molecule has 0 saturated heterocycles. The summed E-state index contributed by atoms with van der Waals surface area (Å²) in [5.41, 5.74) is 0. The number of amides is 1. The molecule has 0 fully saturated rings. The van der Waals surface area contributed by atoms with Gasteiger partial charge in [0.1, 0.15) is 11.9 Å². The standard InChI is InChI=1S/C11H14ClN3O3S/c1-4-6-13-11(16)8(3)15-7-10(19(12,17)18)14-9(15)5-2/h1,7-8H,5-6H2,2-3H3,(H,13,16). The molecule has 1 amide bonds. The molecule has 0 aliphatic heterocycles. The van der Waals surface area contributed by atoms with Crippen molar-refractivity contribution in [3.05, 3.63) is 12.0 Å². The fraction of sp³-hybridized carbons (Fsp3) is 0.455. The van der Waals surface area contributed by atoms with Gasteiger partial charge in [0.05, 0.1) is 6.54 Å². The van der Waals surface area contributed by atoms with E-state index in [0.29, 0.717) is 12.2 Å². The molecule has 104 valence electrons. The van der Waals surface area contributed by atoms with Crippen molar-refractivity contribution in [2.45, 2.75) is 31.3 Å². The first kappa shape index (κ1) is 15.5. The average molecular weight is 304 g/mol. The van der Waals surface area contributed by atoms with Gasteiger partial charge in [-0.3, -0.25) is 4.79 Å². The van der Waals surface area contributed by atoms with E-state index in [1.54, 1.807) is 13.8 Å². The fourth-order valence-corrected chi connectivity index (χ4v) is 2.21. The van der Waals surface area contributed by atoms with E-state index in [1.165, 1.54) is 10.8 Å². The van der Waals surface area contributed by atoms with Gasteiger partial charge in [-0.05, 0) is 6.92 Å². The van der Waals surface area contributed by atoms with Gasteiger partial charge < -0.3 is 9.88 Å². The van der Waals surface area contributed by atoms with Gasteiger partial charge in [0, 0.05) is 23.3 Å². The van der Waals surface area contributed by atoms with Crippen molar-refractivity contribution < 1.29 is 13.2 Å². The molecule has 1 unspecified atom stereocenters. The van der Waals surface area contributed by atoms with Crippen molar-refractivity contribution in [3.8, 4) is 12.3 Å². The molecule has 0 aliphatic rings. The molecule has 0 bridgehead atoms. The lowest BCUT2D eigenvalue weighted by Gasteiger charge is -2.14. The first-order valence-electron chi connectivity index (χ1n) is 5.54. The maximum Gasteiger partial charge on any atom is 0.280 e. The van der Waals surface area contributed by atoms with Crippen molar-refractivity contribution in [1.82, 2.24) is 14.9 Å². The normalized spacial score (nSPS) is 12.7. The largest absolute Gasteiger partial charge is 0.343 e. The zero-order valence-electron chi connectivity index (χ0n) is 10.6. The highest BCUT2D eigenvalue weighted by Gasteiger charge is 2.22. The predicted molar refractivity (Wildman–Crippen MR) is 71.2 cm³/mol. The average Bonchev–Trinajstić information content (AvgIpc) is 2.78. The zero-order valence-corrected chi connectivity index (χ0v) is 12.1. The lowest BCUT2D eigenvalue weighted by Crippen LogP contribution is -2.31. The summed E-state index contributed by atoms with van der Waals surface area (Å²) >= 11 is 0. The summed E-state index contributed by atoms with van der Waals surface area (Å²) in [5.74, 6) is 2.43. The van der Waals surface area contributed by atoms with E-state index in [9.17, 15) is 13.2 Å². The molecule has 0 aliphatic carbocycles. The third kappa shape index (κ3) is 3.72. The van der Waals surface area contributed by atoms with Gasteiger partial charge in [-0.25, -0.2) is 13.4 Å². The van der Waals surface area contributed by atoms with Crippen LogP contribution in [0.4, 0.5) is 0 Å². The number of carbonyl (C=O) groups is 1. The highest BCUT2D eigenvalue weighted by Crippen LogP contribution is 2.18. The molecule has 1 aromatic heterocycles. The number of hydrogen-bond acceptors (Lipinski definition) is 4. The molecule has 1 aromatic rings. The second-order valence-electron chi connectivity index (χ2n) is 3.79. The summed E-state index contributed by atoms with van der Waals surface area (Å²) in [6, 6.07) is -0.622. The van der Waals surface area contributed by atoms with Crippen molar-refractivity contribution in [3.63, 3.8) is 0 Å². The van der Waals surface area contributed by atoms with E-state index in [1.807, 2.05) is 0 Å². The summed E-state index contributed by atoms with van der Waals surface area (Å²) in [6.45, 7) is 3.53. The molecule has 0 aromatic carbocycles. The number of aromatic nitrogens is 2. The van der Waals surface area contributed by atoms with E-state index in [4.69, 9.17) is 17.1 Å². The number of aryl methyl sites for hydroxylation is 1.